The molecule has 0 aliphatic carbocycles. The van der Waals surface area contributed by atoms with Crippen LogP contribution in [0.15, 0.2) is 18.2 Å². The van der Waals surface area contributed by atoms with Gasteiger partial charge in [-0.2, -0.15) is 31.6 Å². The zero-order chi connectivity index (χ0) is 15.8. The van der Waals surface area contributed by atoms with Crippen LogP contribution in [-0.2, 0) is 10.9 Å². The lowest BCUT2D eigenvalue weighted by atomic mass is 10.1. The van der Waals surface area contributed by atoms with Crippen LogP contribution in [0.25, 0.3) is 0 Å². The molecular weight excluding hydrogens is 302 g/mol. The van der Waals surface area contributed by atoms with Crippen molar-refractivity contribution < 1.29 is 31.1 Å². The van der Waals surface area contributed by atoms with E-state index in [9.17, 15) is 26.3 Å². The Morgan fingerprint density at radius 2 is 1.86 bits per heavy atom. The van der Waals surface area contributed by atoms with Gasteiger partial charge >= 0.3 is 12.4 Å². The molecule has 1 atom stereocenters. The van der Waals surface area contributed by atoms with Crippen molar-refractivity contribution in [2.24, 2.45) is 0 Å². The van der Waals surface area contributed by atoms with Gasteiger partial charge < -0.3 is 9.64 Å². The third-order valence-electron chi connectivity index (χ3n) is 2.93. The van der Waals surface area contributed by atoms with E-state index >= 15 is 0 Å². The van der Waals surface area contributed by atoms with Crippen molar-refractivity contribution in [1.29, 1.82) is 5.26 Å². The predicted molar refractivity (Wildman–Crippen MR) is 59.3 cm³/mol. The van der Waals surface area contributed by atoms with E-state index in [2.05, 4.69) is 4.74 Å². The van der Waals surface area contributed by atoms with E-state index in [1.54, 1.807) is 0 Å². The van der Waals surface area contributed by atoms with Gasteiger partial charge in [0.1, 0.15) is 0 Å². The van der Waals surface area contributed by atoms with Crippen LogP contribution in [0.3, 0.4) is 0 Å². The lowest BCUT2D eigenvalue weighted by Crippen LogP contribution is -2.42. The lowest BCUT2D eigenvalue weighted by Gasteiger charge is -2.27. The lowest BCUT2D eigenvalue weighted by molar-refractivity contribution is -0.205. The average molecular weight is 310 g/mol. The zero-order valence-electron chi connectivity index (χ0n) is 10.3. The van der Waals surface area contributed by atoms with Gasteiger partial charge in [-0.25, -0.2) is 0 Å². The van der Waals surface area contributed by atoms with Gasteiger partial charge in [0.05, 0.1) is 23.8 Å². The molecule has 0 saturated carbocycles. The van der Waals surface area contributed by atoms with Crippen LogP contribution in [0, 0.1) is 11.3 Å². The van der Waals surface area contributed by atoms with Crippen LogP contribution in [0.4, 0.5) is 32.0 Å². The van der Waals surface area contributed by atoms with Gasteiger partial charge in [0.25, 0.3) is 0 Å². The summed E-state index contributed by atoms with van der Waals surface area (Å²) in [5.74, 6) is 0. The molecule has 1 unspecified atom stereocenters. The van der Waals surface area contributed by atoms with E-state index in [0.29, 0.717) is 11.0 Å². The Morgan fingerprint density at radius 3 is 2.38 bits per heavy atom. The van der Waals surface area contributed by atoms with Crippen LogP contribution >= 0.6 is 0 Å². The molecule has 0 N–H and O–H groups in total. The van der Waals surface area contributed by atoms with Crippen molar-refractivity contribution in [3.63, 3.8) is 0 Å². The standard InChI is InChI=1S/C12H8F6N2O/c13-11(14,15)9-5-8(2-1-7(9)6-19)20-3-4-21-10(20)12(16,17)18/h1-2,5,10H,3-4H2. The third-order valence-corrected chi connectivity index (χ3v) is 2.93. The summed E-state index contributed by atoms with van der Waals surface area (Å²) >= 11 is 0. The molecule has 0 amide bonds. The first-order valence-corrected chi connectivity index (χ1v) is 5.71. The highest BCUT2D eigenvalue weighted by Crippen LogP contribution is 2.37. The molecule has 9 heteroatoms. The van der Waals surface area contributed by atoms with Crippen molar-refractivity contribution in [2.75, 3.05) is 18.1 Å². The number of nitrogens with zero attached hydrogens (tertiary/aromatic N) is 2. The number of benzene rings is 1. The molecule has 1 fully saturated rings. The molecule has 3 nitrogen and oxygen atoms in total. The minimum Gasteiger partial charge on any atom is -0.348 e. The predicted octanol–water partition coefficient (Wildman–Crippen LogP) is 3.30. The second kappa shape index (κ2) is 5.11. The molecule has 1 saturated heterocycles. The Kier molecular flexibility index (Phi) is 3.76. The summed E-state index contributed by atoms with van der Waals surface area (Å²) in [7, 11) is 0. The van der Waals surface area contributed by atoms with Crippen molar-refractivity contribution in [3.05, 3.63) is 29.3 Å². The number of hydrogen-bond donors (Lipinski definition) is 0. The van der Waals surface area contributed by atoms with Crippen molar-refractivity contribution in [3.8, 4) is 6.07 Å². The molecular formula is C12H8F6N2O. The first-order valence-electron chi connectivity index (χ1n) is 5.71. The molecule has 1 heterocycles. The Balaban J connectivity index is 2.44. The quantitative estimate of drug-likeness (QED) is 0.747. The molecule has 1 aliphatic heterocycles. The number of alkyl halides is 6. The van der Waals surface area contributed by atoms with E-state index in [1.165, 1.54) is 6.07 Å². The fraction of sp³-hybridized carbons (Fsp3) is 0.417. The minimum atomic E-state index is -4.82. The van der Waals surface area contributed by atoms with Crippen molar-refractivity contribution in [2.45, 2.75) is 18.6 Å². The van der Waals surface area contributed by atoms with Crippen molar-refractivity contribution >= 4 is 5.69 Å². The molecule has 0 spiro atoms. The minimum absolute atomic E-state index is 0.187. The molecule has 21 heavy (non-hydrogen) atoms. The summed E-state index contributed by atoms with van der Waals surface area (Å²) in [6.07, 6.45) is -11.8. The second-order valence-electron chi connectivity index (χ2n) is 4.30. The van der Waals surface area contributed by atoms with Crippen LogP contribution in [0.1, 0.15) is 11.1 Å². The fourth-order valence-corrected chi connectivity index (χ4v) is 2.05. The smallest absolute Gasteiger partial charge is 0.348 e. The van der Waals surface area contributed by atoms with Crippen LogP contribution in [0.2, 0.25) is 0 Å². The Hall–Kier alpha value is -1.95. The summed E-state index contributed by atoms with van der Waals surface area (Å²) in [5, 5.41) is 8.65. The zero-order valence-corrected chi connectivity index (χ0v) is 10.3. The molecule has 0 radical (unpaired) electrons. The molecule has 1 aromatic rings. The third kappa shape index (κ3) is 3.05. The van der Waals surface area contributed by atoms with E-state index in [-0.39, 0.29) is 18.8 Å². The average Bonchev–Trinajstić information content (AvgIpc) is 2.86. The summed E-state index contributed by atoms with van der Waals surface area (Å²) in [6, 6.07) is 3.80. The Labute approximate surface area is 115 Å². The van der Waals surface area contributed by atoms with Gasteiger partial charge in [0.2, 0.25) is 6.23 Å². The van der Waals surface area contributed by atoms with E-state index < -0.39 is 29.7 Å². The van der Waals surface area contributed by atoms with Crippen molar-refractivity contribution in [1.82, 2.24) is 0 Å². The largest absolute Gasteiger partial charge is 0.433 e. The SMILES string of the molecule is N#Cc1ccc(N2CCOC2C(F)(F)F)cc1C(F)(F)F. The second-order valence-corrected chi connectivity index (χ2v) is 4.30. The Morgan fingerprint density at radius 1 is 1.19 bits per heavy atom. The number of anilines is 1. The molecule has 1 aliphatic rings. The summed E-state index contributed by atoms with van der Waals surface area (Å²) in [5.41, 5.74) is -2.20. The fourth-order valence-electron chi connectivity index (χ4n) is 2.05. The highest BCUT2D eigenvalue weighted by Gasteiger charge is 2.48. The van der Waals surface area contributed by atoms with Gasteiger partial charge in [0.15, 0.2) is 0 Å². The van der Waals surface area contributed by atoms with Gasteiger partial charge in [-0.15, -0.1) is 0 Å². The number of hydrogen-bond acceptors (Lipinski definition) is 3. The molecule has 114 valence electrons. The normalized spacial score (nSPS) is 19.7. The number of ether oxygens (including phenoxy) is 1. The topological polar surface area (TPSA) is 36.3 Å². The Bertz CT molecular complexity index is 575. The molecule has 0 aromatic heterocycles. The van der Waals surface area contributed by atoms with Gasteiger partial charge in [0, 0.05) is 12.2 Å². The summed E-state index contributed by atoms with van der Waals surface area (Å²) in [6.45, 7) is -0.432. The maximum atomic E-state index is 12.8. The van der Waals surface area contributed by atoms with Crippen LogP contribution < -0.4 is 4.90 Å². The van der Waals surface area contributed by atoms with Crippen LogP contribution in [-0.4, -0.2) is 25.6 Å². The molecule has 1 aromatic carbocycles. The first kappa shape index (κ1) is 15.4. The highest BCUT2D eigenvalue weighted by molar-refractivity contribution is 5.55. The summed E-state index contributed by atoms with van der Waals surface area (Å²) in [4.78, 5) is 0.691. The van der Waals surface area contributed by atoms with Gasteiger partial charge in [-0.3, -0.25) is 0 Å². The number of nitriles is 1. The van der Waals surface area contributed by atoms with Crippen LogP contribution in [0.5, 0.6) is 0 Å². The number of halogens is 6. The summed E-state index contributed by atoms with van der Waals surface area (Å²) < 4.78 is 81.2. The maximum Gasteiger partial charge on any atom is 0.433 e. The highest BCUT2D eigenvalue weighted by atomic mass is 19.4. The van der Waals surface area contributed by atoms with Gasteiger partial charge in [-0.05, 0) is 18.2 Å². The van der Waals surface area contributed by atoms with Gasteiger partial charge in [-0.1, -0.05) is 0 Å². The monoisotopic (exact) mass is 310 g/mol. The molecule has 2 rings (SSSR count). The van der Waals surface area contributed by atoms with E-state index in [1.807, 2.05) is 0 Å². The molecule has 0 bridgehead atoms. The van der Waals surface area contributed by atoms with E-state index in [0.717, 1.165) is 12.1 Å². The number of rotatable bonds is 1. The maximum absolute atomic E-state index is 12.8. The first-order chi connectivity index (χ1) is 9.64. The van der Waals surface area contributed by atoms with E-state index in [4.69, 9.17) is 5.26 Å².